The van der Waals surface area contributed by atoms with Crippen molar-refractivity contribution in [1.82, 2.24) is 0 Å². The Kier molecular flexibility index (Phi) is 2.39. The lowest BCUT2D eigenvalue weighted by Gasteiger charge is -2.03. The predicted octanol–water partition coefficient (Wildman–Crippen LogP) is 4.18. The van der Waals surface area contributed by atoms with Gasteiger partial charge in [-0.2, -0.15) is 0 Å². The molecule has 1 atom stereocenters. The molecule has 84 valence electrons. The van der Waals surface area contributed by atoms with E-state index in [1.807, 2.05) is 0 Å². The summed E-state index contributed by atoms with van der Waals surface area (Å²) in [6.45, 7) is 0. The Morgan fingerprint density at radius 2 is 2.00 bits per heavy atom. The Morgan fingerprint density at radius 3 is 2.69 bits per heavy atom. The average Bonchev–Trinajstić information content (AvgIpc) is 2.97. The van der Waals surface area contributed by atoms with Crippen LogP contribution in [0.15, 0.2) is 22.6 Å². The van der Waals surface area contributed by atoms with Gasteiger partial charge in [0, 0.05) is 16.5 Å². The highest BCUT2D eigenvalue weighted by molar-refractivity contribution is 6.38. The number of rotatable bonds is 2. The normalized spacial score (nSPS) is 17.9. The Hall–Kier alpha value is -0.700. The van der Waals surface area contributed by atoms with Gasteiger partial charge in [-0.05, 0) is 30.9 Å². The van der Waals surface area contributed by atoms with Crippen LogP contribution in [-0.4, -0.2) is 5.11 Å². The van der Waals surface area contributed by atoms with Crippen LogP contribution < -0.4 is 0 Å². The highest BCUT2D eigenvalue weighted by Gasteiger charge is 2.33. The van der Waals surface area contributed by atoms with E-state index in [0.717, 1.165) is 18.2 Å². The molecule has 1 N–H and O–H groups in total. The molecule has 1 fully saturated rings. The van der Waals surface area contributed by atoms with Crippen molar-refractivity contribution >= 4 is 34.2 Å². The molecule has 1 aromatic carbocycles. The minimum atomic E-state index is -0.512. The van der Waals surface area contributed by atoms with E-state index in [0.29, 0.717) is 27.3 Å². The first-order valence-corrected chi connectivity index (χ1v) is 5.97. The third-order valence-corrected chi connectivity index (χ3v) is 3.46. The summed E-state index contributed by atoms with van der Waals surface area (Å²) in [5.74, 6) is 0.927. The van der Waals surface area contributed by atoms with E-state index < -0.39 is 6.10 Å². The van der Waals surface area contributed by atoms with Gasteiger partial charge in [-0.1, -0.05) is 23.2 Å². The molecule has 0 spiro atoms. The Bertz CT molecular complexity index is 543. The summed E-state index contributed by atoms with van der Waals surface area (Å²) in [7, 11) is 0. The average molecular weight is 257 g/mol. The second kappa shape index (κ2) is 3.66. The molecule has 0 saturated heterocycles. The first kappa shape index (κ1) is 10.5. The van der Waals surface area contributed by atoms with Crippen LogP contribution in [0.3, 0.4) is 0 Å². The smallest absolute Gasteiger partial charge is 0.137 e. The number of aliphatic hydroxyl groups is 1. The summed E-state index contributed by atoms with van der Waals surface area (Å²) < 4.78 is 5.57. The van der Waals surface area contributed by atoms with Crippen molar-refractivity contribution in [2.45, 2.75) is 18.9 Å². The Balaban J connectivity index is 2.11. The number of aliphatic hydroxyl groups excluding tert-OH is 1. The van der Waals surface area contributed by atoms with Gasteiger partial charge in [0.25, 0.3) is 0 Å². The van der Waals surface area contributed by atoms with Crippen molar-refractivity contribution in [1.29, 1.82) is 0 Å². The summed E-state index contributed by atoms with van der Waals surface area (Å²) in [5, 5.41) is 11.9. The summed E-state index contributed by atoms with van der Waals surface area (Å²) in [6.07, 6.45) is 1.61. The molecule has 16 heavy (non-hydrogen) atoms. The topological polar surface area (TPSA) is 33.4 Å². The lowest BCUT2D eigenvalue weighted by molar-refractivity contribution is 0.129. The molecule has 0 radical (unpaired) electrons. The second-order valence-electron chi connectivity index (χ2n) is 4.23. The van der Waals surface area contributed by atoms with Crippen LogP contribution in [0.4, 0.5) is 0 Å². The van der Waals surface area contributed by atoms with Crippen molar-refractivity contribution in [2.24, 2.45) is 5.92 Å². The first-order chi connectivity index (χ1) is 7.65. The van der Waals surface area contributed by atoms with Crippen molar-refractivity contribution in [3.63, 3.8) is 0 Å². The molecule has 1 unspecified atom stereocenters. The van der Waals surface area contributed by atoms with Crippen LogP contribution in [0.5, 0.6) is 0 Å². The van der Waals surface area contributed by atoms with E-state index in [1.54, 1.807) is 18.2 Å². The van der Waals surface area contributed by atoms with Crippen molar-refractivity contribution < 1.29 is 9.52 Å². The maximum atomic E-state index is 9.95. The SMILES string of the molecule is OC(c1cc2c(Cl)cc(Cl)cc2o1)C1CC1. The van der Waals surface area contributed by atoms with Crippen LogP contribution in [0, 0.1) is 5.92 Å². The quantitative estimate of drug-likeness (QED) is 0.875. The second-order valence-corrected chi connectivity index (χ2v) is 5.07. The summed E-state index contributed by atoms with van der Waals surface area (Å²) in [4.78, 5) is 0. The third kappa shape index (κ3) is 1.71. The van der Waals surface area contributed by atoms with E-state index in [4.69, 9.17) is 27.6 Å². The molecule has 4 heteroatoms. The minimum absolute atomic E-state index is 0.342. The molecule has 1 aliphatic rings. The molecule has 0 aliphatic heterocycles. The zero-order valence-corrected chi connectivity index (χ0v) is 9.92. The summed E-state index contributed by atoms with van der Waals surface area (Å²) in [5.41, 5.74) is 0.632. The van der Waals surface area contributed by atoms with Crippen molar-refractivity contribution in [2.75, 3.05) is 0 Å². The number of furan rings is 1. The summed E-state index contributed by atoms with van der Waals surface area (Å²) >= 11 is 11.9. The fourth-order valence-corrected chi connectivity index (χ4v) is 2.40. The molecule has 2 aromatic rings. The van der Waals surface area contributed by atoms with Gasteiger partial charge in [-0.25, -0.2) is 0 Å². The molecule has 1 aromatic heterocycles. The zero-order chi connectivity index (χ0) is 11.3. The van der Waals surface area contributed by atoms with E-state index in [2.05, 4.69) is 0 Å². The van der Waals surface area contributed by atoms with Gasteiger partial charge >= 0.3 is 0 Å². The maximum absolute atomic E-state index is 9.95. The van der Waals surface area contributed by atoms with Gasteiger partial charge < -0.3 is 9.52 Å². The highest BCUT2D eigenvalue weighted by atomic mass is 35.5. The van der Waals surface area contributed by atoms with Gasteiger partial charge in [0.2, 0.25) is 0 Å². The van der Waals surface area contributed by atoms with E-state index in [9.17, 15) is 5.11 Å². The minimum Gasteiger partial charge on any atom is -0.458 e. The van der Waals surface area contributed by atoms with E-state index in [1.165, 1.54) is 0 Å². The van der Waals surface area contributed by atoms with Crippen LogP contribution in [0.2, 0.25) is 10.0 Å². The Labute approximate surface area is 103 Å². The van der Waals surface area contributed by atoms with Crippen LogP contribution >= 0.6 is 23.2 Å². The molecule has 1 aliphatic carbocycles. The molecular formula is C12H10Cl2O2. The Morgan fingerprint density at radius 1 is 1.25 bits per heavy atom. The van der Waals surface area contributed by atoms with Gasteiger partial charge in [0.05, 0.1) is 5.02 Å². The molecule has 3 rings (SSSR count). The van der Waals surface area contributed by atoms with E-state index >= 15 is 0 Å². The first-order valence-electron chi connectivity index (χ1n) is 5.21. The molecule has 2 nitrogen and oxygen atoms in total. The van der Waals surface area contributed by atoms with Crippen LogP contribution in [-0.2, 0) is 0 Å². The molecule has 0 bridgehead atoms. The lowest BCUT2D eigenvalue weighted by Crippen LogP contribution is -1.96. The fraction of sp³-hybridized carbons (Fsp3) is 0.333. The van der Waals surface area contributed by atoms with Crippen molar-refractivity contribution in [3.05, 3.63) is 34.0 Å². The fourth-order valence-electron chi connectivity index (χ4n) is 1.87. The van der Waals surface area contributed by atoms with Crippen molar-refractivity contribution in [3.8, 4) is 0 Å². The third-order valence-electron chi connectivity index (χ3n) is 2.93. The molecule has 0 amide bonds. The van der Waals surface area contributed by atoms with Crippen LogP contribution in [0.1, 0.15) is 24.7 Å². The standard InChI is InChI=1S/C12H10Cl2O2/c13-7-3-9(14)8-5-11(16-10(8)4-7)12(15)6-1-2-6/h3-6,12,15H,1-2H2. The summed E-state index contributed by atoms with van der Waals surface area (Å²) in [6, 6.07) is 5.19. The monoisotopic (exact) mass is 256 g/mol. The van der Waals surface area contributed by atoms with Gasteiger partial charge in [0.15, 0.2) is 0 Å². The number of fused-ring (bicyclic) bond motifs is 1. The molecular weight excluding hydrogens is 247 g/mol. The highest BCUT2D eigenvalue weighted by Crippen LogP contribution is 2.43. The van der Waals surface area contributed by atoms with Gasteiger partial charge in [-0.3, -0.25) is 0 Å². The zero-order valence-electron chi connectivity index (χ0n) is 8.41. The van der Waals surface area contributed by atoms with Crippen LogP contribution in [0.25, 0.3) is 11.0 Å². The number of hydrogen-bond acceptors (Lipinski definition) is 2. The number of benzene rings is 1. The number of halogens is 2. The predicted molar refractivity (Wildman–Crippen MR) is 63.9 cm³/mol. The lowest BCUT2D eigenvalue weighted by atomic mass is 10.1. The number of hydrogen-bond donors (Lipinski definition) is 1. The van der Waals surface area contributed by atoms with Gasteiger partial charge in [-0.15, -0.1) is 0 Å². The molecule has 1 saturated carbocycles. The maximum Gasteiger partial charge on any atom is 0.137 e. The van der Waals surface area contributed by atoms with Gasteiger partial charge in [0.1, 0.15) is 17.4 Å². The molecule has 1 heterocycles. The largest absolute Gasteiger partial charge is 0.458 e. The van der Waals surface area contributed by atoms with E-state index in [-0.39, 0.29) is 0 Å².